The third kappa shape index (κ3) is 2.03. The highest BCUT2D eigenvalue weighted by molar-refractivity contribution is 6.00. The number of hydrogen-bond donors (Lipinski definition) is 2. The third-order valence-corrected chi connectivity index (χ3v) is 3.94. The van der Waals surface area contributed by atoms with Crippen LogP contribution in [0, 0.1) is 10.1 Å². The number of anilines is 2. The Morgan fingerprint density at radius 3 is 2.74 bits per heavy atom. The van der Waals surface area contributed by atoms with Crippen molar-refractivity contribution < 1.29 is 9.72 Å². The number of nitrogens with zero attached hydrogens (tertiary/aromatic N) is 1. The fraction of sp³-hybridized carbons (Fsp3) is 0.462. The third-order valence-electron chi connectivity index (χ3n) is 3.94. The molecule has 0 spiro atoms. The molecule has 2 aliphatic rings. The minimum absolute atomic E-state index is 0.0448. The monoisotopic (exact) mass is 261 g/mol. The Hall–Kier alpha value is -2.11. The molecule has 6 heteroatoms. The van der Waals surface area contributed by atoms with Gasteiger partial charge in [-0.1, -0.05) is 0 Å². The maximum atomic E-state index is 11.3. The van der Waals surface area contributed by atoms with E-state index in [-0.39, 0.29) is 23.6 Å². The summed E-state index contributed by atoms with van der Waals surface area (Å²) in [5, 5.41) is 17.1. The second kappa shape index (κ2) is 3.94. The summed E-state index contributed by atoms with van der Waals surface area (Å²) in [6.45, 7) is 2.06. The first kappa shape index (κ1) is 12.0. The van der Waals surface area contributed by atoms with Gasteiger partial charge < -0.3 is 10.6 Å². The Morgan fingerprint density at radius 2 is 2.16 bits per heavy atom. The van der Waals surface area contributed by atoms with E-state index in [4.69, 9.17) is 0 Å². The zero-order chi connectivity index (χ0) is 13.6. The van der Waals surface area contributed by atoms with Gasteiger partial charge in [0.1, 0.15) is 5.69 Å². The van der Waals surface area contributed by atoms with Crippen LogP contribution >= 0.6 is 0 Å². The van der Waals surface area contributed by atoms with E-state index in [0.29, 0.717) is 16.9 Å². The van der Waals surface area contributed by atoms with Crippen LogP contribution in [0.3, 0.4) is 0 Å². The number of amides is 1. The molecule has 1 saturated carbocycles. The standard InChI is InChI=1S/C13H15N3O3/c1-13(3-2-4-13)15-10-7-9-8(6-12(17)14-9)5-11(10)16(18)19/h5,7,15H,2-4,6H2,1H3,(H,14,17). The van der Waals surface area contributed by atoms with E-state index in [9.17, 15) is 14.9 Å². The molecule has 1 aliphatic carbocycles. The molecule has 6 nitrogen and oxygen atoms in total. The number of rotatable bonds is 3. The van der Waals surface area contributed by atoms with E-state index >= 15 is 0 Å². The van der Waals surface area contributed by atoms with Crippen molar-refractivity contribution in [2.75, 3.05) is 10.6 Å². The van der Waals surface area contributed by atoms with Crippen molar-refractivity contribution in [3.05, 3.63) is 27.8 Å². The predicted molar refractivity (Wildman–Crippen MR) is 71.3 cm³/mol. The Labute approximate surface area is 110 Å². The molecule has 100 valence electrons. The van der Waals surface area contributed by atoms with Gasteiger partial charge in [0.15, 0.2) is 0 Å². The number of nitro groups is 1. The van der Waals surface area contributed by atoms with E-state index in [1.165, 1.54) is 6.07 Å². The van der Waals surface area contributed by atoms with Gasteiger partial charge in [0.25, 0.3) is 5.69 Å². The molecule has 1 fully saturated rings. The van der Waals surface area contributed by atoms with Gasteiger partial charge in [-0.05, 0) is 37.8 Å². The highest BCUT2D eigenvalue weighted by Gasteiger charge is 2.34. The minimum atomic E-state index is -0.395. The molecule has 0 saturated heterocycles. The highest BCUT2D eigenvalue weighted by atomic mass is 16.6. The Kier molecular flexibility index (Phi) is 2.48. The van der Waals surface area contributed by atoms with Gasteiger partial charge in [0.2, 0.25) is 5.91 Å². The molecule has 1 heterocycles. The molecule has 1 aliphatic heterocycles. The fourth-order valence-electron chi connectivity index (χ4n) is 2.67. The summed E-state index contributed by atoms with van der Waals surface area (Å²) in [7, 11) is 0. The van der Waals surface area contributed by atoms with Crippen molar-refractivity contribution in [1.29, 1.82) is 0 Å². The van der Waals surface area contributed by atoms with Crippen molar-refractivity contribution in [2.45, 2.75) is 38.1 Å². The maximum absolute atomic E-state index is 11.3. The Balaban J connectivity index is 2.00. The lowest BCUT2D eigenvalue weighted by Crippen LogP contribution is -2.41. The van der Waals surface area contributed by atoms with Crippen LogP contribution in [0.5, 0.6) is 0 Å². The average Bonchev–Trinajstić information content (AvgIpc) is 2.65. The lowest BCUT2D eigenvalue weighted by Gasteiger charge is -2.39. The van der Waals surface area contributed by atoms with Gasteiger partial charge >= 0.3 is 0 Å². The summed E-state index contributed by atoms with van der Waals surface area (Å²) >= 11 is 0. The van der Waals surface area contributed by atoms with Gasteiger partial charge in [0, 0.05) is 17.3 Å². The van der Waals surface area contributed by atoms with Crippen molar-refractivity contribution in [3.8, 4) is 0 Å². The Morgan fingerprint density at radius 1 is 1.42 bits per heavy atom. The van der Waals surface area contributed by atoms with Crippen molar-refractivity contribution in [1.82, 2.24) is 0 Å². The average molecular weight is 261 g/mol. The molecule has 3 rings (SSSR count). The van der Waals surface area contributed by atoms with Crippen LogP contribution in [0.15, 0.2) is 12.1 Å². The smallest absolute Gasteiger partial charge is 0.292 e. The number of hydrogen-bond acceptors (Lipinski definition) is 4. The molecule has 0 atom stereocenters. The van der Waals surface area contributed by atoms with Crippen LogP contribution < -0.4 is 10.6 Å². The number of nitrogens with one attached hydrogen (secondary N) is 2. The maximum Gasteiger partial charge on any atom is 0.292 e. The number of nitro benzene ring substituents is 1. The van der Waals surface area contributed by atoms with Crippen LogP contribution in [-0.4, -0.2) is 16.4 Å². The van der Waals surface area contributed by atoms with E-state index < -0.39 is 4.92 Å². The number of carbonyl (C=O) groups is 1. The van der Waals surface area contributed by atoms with Gasteiger partial charge in [-0.2, -0.15) is 0 Å². The summed E-state index contributed by atoms with van der Waals surface area (Å²) in [6, 6.07) is 3.18. The molecular weight excluding hydrogens is 246 g/mol. The molecule has 2 N–H and O–H groups in total. The second-order valence-corrected chi connectivity index (χ2v) is 5.55. The van der Waals surface area contributed by atoms with Crippen molar-refractivity contribution >= 4 is 23.0 Å². The van der Waals surface area contributed by atoms with Crippen LogP contribution in [0.4, 0.5) is 17.1 Å². The molecule has 0 aromatic heterocycles. The quantitative estimate of drug-likeness (QED) is 0.646. The van der Waals surface area contributed by atoms with E-state index in [2.05, 4.69) is 17.6 Å². The van der Waals surface area contributed by atoms with E-state index in [1.807, 2.05) is 0 Å². The first-order valence-electron chi connectivity index (χ1n) is 6.36. The molecule has 0 bridgehead atoms. The number of fused-ring (bicyclic) bond motifs is 1. The molecule has 0 radical (unpaired) electrons. The molecular formula is C13H15N3O3. The fourth-order valence-corrected chi connectivity index (χ4v) is 2.67. The number of benzene rings is 1. The topological polar surface area (TPSA) is 84.3 Å². The highest BCUT2D eigenvalue weighted by Crippen LogP contribution is 2.40. The minimum Gasteiger partial charge on any atom is -0.374 e. The molecule has 0 unspecified atom stereocenters. The summed E-state index contributed by atoms with van der Waals surface area (Å²) < 4.78 is 0. The summed E-state index contributed by atoms with van der Waals surface area (Å²) in [6.07, 6.45) is 3.37. The van der Waals surface area contributed by atoms with Crippen LogP contribution in [0.1, 0.15) is 31.7 Å². The SMILES string of the molecule is CC1(Nc2cc3c(cc2[N+](=O)[O-])CC(=O)N3)CCC1. The lowest BCUT2D eigenvalue weighted by atomic mass is 9.78. The van der Waals surface area contributed by atoms with Gasteiger partial charge in [-0.25, -0.2) is 0 Å². The summed E-state index contributed by atoms with van der Waals surface area (Å²) in [5.41, 5.74) is 1.85. The van der Waals surface area contributed by atoms with Crippen LogP contribution in [-0.2, 0) is 11.2 Å². The van der Waals surface area contributed by atoms with Crippen molar-refractivity contribution in [2.24, 2.45) is 0 Å². The molecule has 1 aromatic rings. The molecule has 1 amide bonds. The zero-order valence-corrected chi connectivity index (χ0v) is 10.7. The number of carbonyl (C=O) groups excluding carboxylic acids is 1. The van der Waals surface area contributed by atoms with Gasteiger partial charge in [-0.15, -0.1) is 0 Å². The van der Waals surface area contributed by atoms with E-state index in [0.717, 1.165) is 19.3 Å². The Bertz CT molecular complexity index is 579. The van der Waals surface area contributed by atoms with Gasteiger partial charge in [-0.3, -0.25) is 14.9 Å². The van der Waals surface area contributed by atoms with Crippen molar-refractivity contribution in [3.63, 3.8) is 0 Å². The molecule has 1 aromatic carbocycles. The predicted octanol–water partition coefficient (Wildman–Crippen LogP) is 2.44. The normalized spacial score (nSPS) is 19.3. The lowest BCUT2D eigenvalue weighted by molar-refractivity contribution is -0.384. The van der Waals surface area contributed by atoms with Gasteiger partial charge in [0.05, 0.1) is 11.3 Å². The summed E-state index contributed by atoms with van der Waals surface area (Å²) in [4.78, 5) is 22.1. The first-order valence-corrected chi connectivity index (χ1v) is 6.36. The van der Waals surface area contributed by atoms with E-state index in [1.54, 1.807) is 6.07 Å². The van der Waals surface area contributed by atoms with Crippen LogP contribution in [0.2, 0.25) is 0 Å². The zero-order valence-electron chi connectivity index (χ0n) is 10.7. The first-order chi connectivity index (χ1) is 8.97. The molecule has 19 heavy (non-hydrogen) atoms. The second-order valence-electron chi connectivity index (χ2n) is 5.55. The summed E-state index contributed by atoms with van der Waals surface area (Å²) in [5.74, 6) is -0.115. The van der Waals surface area contributed by atoms with Crippen LogP contribution in [0.25, 0.3) is 0 Å². The largest absolute Gasteiger partial charge is 0.374 e.